The number of fused-ring (bicyclic) bond motifs is 1. The molecule has 2 aliphatic rings. The highest BCUT2D eigenvalue weighted by Gasteiger charge is 2.48. The Labute approximate surface area is 184 Å². The molecule has 0 unspecified atom stereocenters. The molecule has 3 nitrogen and oxygen atoms in total. The van der Waals surface area contributed by atoms with E-state index in [1.807, 2.05) is 41.3 Å². The van der Waals surface area contributed by atoms with Crippen molar-refractivity contribution >= 4 is 5.91 Å². The number of benzene rings is 3. The summed E-state index contributed by atoms with van der Waals surface area (Å²) in [5.74, 6) is 1.66. The van der Waals surface area contributed by atoms with Crippen LogP contribution in [-0.2, 0) is 11.3 Å². The van der Waals surface area contributed by atoms with Gasteiger partial charge in [0.15, 0.2) is 0 Å². The number of carbonyl (C=O) groups excluding carboxylic acids is 1. The number of hydrogen-bond donors (Lipinski definition) is 0. The van der Waals surface area contributed by atoms with Crippen LogP contribution in [-0.4, -0.2) is 24.5 Å². The maximum atomic E-state index is 13.7. The minimum absolute atomic E-state index is 0.0316. The van der Waals surface area contributed by atoms with E-state index in [1.165, 1.54) is 11.1 Å². The fourth-order valence-corrected chi connectivity index (χ4v) is 5.24. The molecule has 0 saturated carbocycles. The van der Waals surface area contributed by atoms with E-state index in [4.69, 9.17) is 4.74 Å². The van der Waals surface area contributed by atoms with Crippen LogP contribution in [0.1, 0.15) is 28.5 Å². The van der Waals surface area contributed by atoms with E-state index in [2.05, 4.69) is 60.7 Å². The predicted molar refractivity (Wildman–Crippen MR) is 123 cm³/mol. The molecule has 0 aromatic heterocycles. The lowest BCUT2D eigenvalue weighted by molar-refractivity contribution is -0.132. The molecular formula is C28H27NO2. The predicted octanol–water partition coefficient (Wildman–Crippen LogP) is 5.41. The average molecular weight is 410 g/mol. The standard InChI is InChI=1S/C28H27NO2/c1-31-24-15-12-20(13-16-24)18-29-19-23-14-17-25(21-8-4-2-5-9-21)26(27(23)28(29)30)22-10-6-3-7-11-22/h2-17,23,25-27H,18-19H2,1H3/t23-,25+,26+,27+/m1/s1. The quantitative estimate of drug-likeness (QED) is 0.528. The summed E-state index contributed by atoms with van der Waals surface area (Å²) in [4.78, 5) is 15.7. The topological polar surface area (TPSA) is 29.5 Å². The zero-order chi connectivity index (χ0) is 21.2. The fraction of sp³-hybridized carbons (Fsp3) is 0.250. The third kappa shape index (κ3) is 3.76. The molecule has 3 aromatic carbocycles. The SMILES string of the molecule is COc1ccc(CN2C[C@H]3C=C[C@@H](c4ccccc4)[C@H](c4ccccc4)[C@H]3C2=O)cc1. The summed E-state index contributed by atoms with van der Waals surface area (Å²) in [6, 6.07) is 29.2. The first kappa shape index (κ1) is 19.6. The van der Waals surface area contributed by atoms with Gasteiger partial charge < -0.3 is 9.64 Å². The van der Waals surface area contributed by atoms with E-state index >= 15 is 0 Å². The molecular weight excluding hydrogens is 382 g/mol. The number of likely N-dealkylation sites (tertiary alicyclic amines) is 1. The Morgan fingerprint density at radius 1 is 0.806 bits per heavy atom. The highest BCUT2D eigenvalue weighted by molar-refractivity contribution is 5.83. The van der Waals surface area contributed by atoms with E-state index in [9.17, 15) is 4.79 Å². The molecule has 0 bridgehead atoms. The molecule has 0 spiro atoms. The summed E-state index contributed by atoms with van der Waals surface area (Å²) in [7, 11) is 1.67. The van der Waals surface area contributed by atoms with Crippen LogP contribution in [0.2, 0.25) is 0 Å². The van der Waals surface area contributed by atoms with Crippen LogP contribution in [0.4, 0.5) is 0 Å². The van der Waals surface area contributed by atoms with Gasteiger partial charge in [0.2, 0.25) is 5.91 Å². The van der Waals surface area contributed by atoms with Crippen molar-refractivity contribution < 1.29 is 9.53 Å². The number of ether oxygens (including phenoxy) is 1. The summed E-state index contributed by atoms with van der Waals surface area (Å²) in [6.45, 7) is 1.41. The summed E-state index contributed by atoms with van der Waals surface area (Å²) >= 11 is 0. The molecule has 1 saturated heterocycles. The molecule has 1 amide bonds. The summed E-state index contributed by atoms with van der Waals surface area (Å²) in [5, 5.41) is 0. The maximum Gasteiger partial charge on any atom is 0.227 e. The number of carbonyl (C=O) groups is 1. The number of nitrogens with zero attached hydrogens (tertiary/aromatic N) is 1. The van der Waals surface area contributed by atoms with Gasteiger partial charge in [0, 0.05) is 30.8 Å². The lowest BCUT2D eigenvalue weighted by atomic mass is 9.66. The van der Waals surface area contributed by atoms with Gasteiger partial charge in [-0.3, -0.25) is 4.79 Å². The zero-order valence-corrected chi connectivity index (χ0v) is 17.7. The lowest BCUT2D eigenvalue weighted by Crippen LogP contribution is -2.33. The maximum absolute atomic E-state index is 13.7. The number of hydrogen-bond acceptors (Lipinski definition) is 2. The second-order valence-corrected chi connectivity index (χ2v) is 8.51. The number of methoxy groups -OCH3 is 1. The average Bonchev–Trinajstić information content (AvgIpc) is 3.15. The van der Waals surface area contributed by atoms with E-state index in [-0.39, 0.29) is 29.6 Å². The fourth-order valence-electron chi connectivity index (χ4n) is 5.24. The van der Waals surface area contributed by atoms with Crippen molar-refractivity contribution in [3.8, 4) is 5.75 Å². The van der Waals surface area contributed by atoms with Gasteiger partial charge in [-0.2, -0.15) is 0 Å². The minimum atomic E-state index is -0.0316. The monoisotopic (exact) mass is 409 g/mol. The van der Waals surface area contributed by atoms with E-state index < -0.39 is 0 Å². The first-order valence-corrected chi connectivity index (χ1v) is 10.9. The first-order valence-electron chi connectivity index (χ1n) is 10.9. The van der Waals surface area contributed by atoms with Gasteiger partial charge in [-0.05, 0) is 28.8 Å². The van der Waals surface area contributed by atoms with Crippen LogP contribution in [0.15, 0.2) is 97.1 Å². The third-order valence-electron chi connectivity index (χ3n) is 6.73. The van der Waals surface area contributed by atoms with Crippen LogP contribution in [0, 0.1) is 11.8 Å². The Morgan fingerprint density at radius 3 is 2.10 bits per heavy atom. The van der Waals surface area contributed by atoms with Crippen molar-refractivity contribution in [1.82, 2.24) is 4.90 Å². The Kier molecular flexibility index (Phi) is 5.33. The van der Waals surface area contributed by atoms with Crippen LogP contribution < -0.4 is 4.74 Å². The molecule has 0 radical (unpaired) electrons. The van der Waals surface area contributed by atoms with Gasteiger partial charge in [-0.25, -0.2) is 0 Å². The molecule has 1 fully saturated rings. The van der Waals surface area contributed by atoms with Gasteiger partial charge in [0.25, 0.3) is 0 Å². The molecule has 5 rings (SSSR count). The third-order valence-corrected chi connectivity index (χ3v) is 6.73. The van der Waals surface area contributed by atoms with Crippen molar-refractivity contribution in [2.75, 3.05) is 13.7 Å². The minimum Gasteiger partial charge on any atom is -0.497 e. The van der Waals surface area contributed by atoms with E-state index in [0.717, 1.165) is 17.9 Å². The molecule has 0 N–H and O–H groups in total. The van der Waals surface area contributed by atoms with Crippen LogP contribution in [0.3, 0.4) is 0 Å². The molecule has 3 heteroatoms. The van der Waals surface area contributed by atoms with Gasteiger partial charge >= 0.3 is 0 Å². The molecule has 31 heavy (non-hydrogen) atoms. The van der Waals surface area contributed by atoms with E-state index in [1.54, 1.807) is 7.11 Å². The molecule has 3 aromatic rings. The van der Waals surface area contributed by atoms with Crippen molar-refractivity contribution in [2.45, 2.75) is 18.4 Å². The van der Waals surface area contributed by atoms with Gasteiger partial charge in [0.05, 0.1) is 13.0 Å². The number of amides is 1. The summed E-state index contributed by atoms with van der Waals surface area (Å²) in [5.41, 5.74) is 3.65. The van der Waals surface area contributed by atoms with Crippen molar-refractivity contribution in [3.05, 3.63) is 114 Å². The van der Waals surface area contributed by atoms with E-state index in [0.29, 0.717) is 6.54 Å². The molecule has 156 valence electrons. The Morgan fingerprint density at radius 2 is 1.45 bits per heavy atom. The highest BCUT2D eigenvalue weighted by atomic mass is 16.5. The van der Waals surface area contributed by atoms with Crippen LogP contribution >= 0.6 is 0 Å². The van der Waals surface area contributed by atoms with Crippen molar-refractivity contribution in [1.29, 1.82) is 0 Å². The van der Waals surface area contributed by atoms with Crippen molar-refractivity contribution in [2.24, 2.45) is 11.8 Å². The Bertz CT molecular complexity index is 1060. The number of rotatable bonds is 5. The highest BCUT2D eigenvalue weighted by Crippen LogP contribution is 2.49. The smallest absolute Gasteiger partial charge is 0.227 e. The zero-order valence-electron chi connectivity index (χ0n) is 17.7. The molecule has 4 atom stereocenters. The van der Waals surface area contributed by atoms with Gasteiger partial charge in [0.1, 0.15) is 5.75 Å². The lowest BCUT2D eigenvalue weighted by Gasteiger charge is -2.35. The normalized spacial score (nSPS) is 24.8. The largest absolute Gasteiger partial charge is 0.497 e. The summed E-state index contributed by atoms with van der Waals surface area (Å²) < 4.78 is 5.26. The number of allylic oxidation sites excluding steroid dienone is 1. The Hall–Kier alpha value is -3.33. The van der Waals surface area contributed by atoms with Crippen LogP contribution in [0.25, 0.3) is 0 Å². The summed E-state index contributed by atoms with van der Waals surface area (Å²) in [6.07, 6.45) is 4.62. The first-order chi connectivity index (χ1) is 15.2. The Balaban J connectivity index is 1.46. The van der Waals surface area contributed by atoms with Crippen molar-refractivity contribution in [3.63, 3.8) is 0 Å². The van der Waals surface area contributed by atoms with Gasteiger partial charge in [-0.1, -0.05) is 84.9 Å². The molecule has 1 aliphatic carbocycles. The second-order valence-electron chi connectivity index (χ2n) is 8.51. The molecule has 1 aliphatic heterocycles. The molecule has 1 heterocycles. The second kappa shape index (κ2) is 8.43. The van der Waals surface area contributed by atoms with Gasteiger partial charge in [-0.15, -0.1) is 0 Å². The van der Waals surface area contributed by atoms with Crippen LogP contribution in [0.5, 0.6) is 5.75 Å².